The molecule has 1 fully saturated rings. The summed E-state index contributed by atoms with van der Waals surface area (Å²) in [6, 6.07) is 25.6. The Morgan fingerprint density at radius 3 is 1.62 bits per heavy atom. The van der Waals surface area contributed by atoms with Gasteiger partial charge in [0, 0.05) is 0 Å². The fourth-order valence-corrected chi connectivity index (χ4v) is 2.70. The highest BCUT2D eigenvalue weighted by Crippen LogP contribution is 2.26. The number of rotatable bonds is 5. The molecule has 0 bridgehead atoms. The average molecular weight is 316 g/mol. The minimum atomic E-state index is 0.291. The maximum atomic E-state index is 5.68. The molecule has 1 atom stereocenters. The quantitative estimate of drug-likeness (QED) is 0.610. The summed E-state index contributed by atoms with van der Waals surface area (Å²) in [5.41, 5.74) is 6.18. The molecule has 0 amide bonds. The van der Waals surface area contributed by atoms with Gasteiger partial charge in [-0.05, 0) is 41.3 Å². The van der Waals surface area contributed by atoms with Crippen LogP contribution in [-0.2, 0) is 4.74 Å². The molecular formula is C22H20O2. The second-order valence-electron chi connectivity index (χ2n) is 6.23. The summed E-state index contributed by atoms with van der Waals surface area (Å²) in [4.78, 5) is 0. The number of hydrogen-bond acceptors (Lipinski definition) is 2. The Kier molecular flexibility index (Phi) is 4.06. The van der Waals surface area contributed by atoms with Crippen molar-refractivity contribution in [2.24, 2.45) is 0 Å². The first kappa shape index (κ1) is 15.0. The van der Waals surface area contributed by atoms with E-state index in [0.717, 1.165) is 12.4 Å². The lowest BCUT2D eigenvalue weighted by atomic mass is 10.00. The third-order valence-corrected chi connectivity index (χ3v) is 4.30. The highest BCUT2D eigenvalue weighted by molar-refractivity contribution is 5.70. The molecule has 0 N–H and O–H groups in total. The van der Waals surface area contributed by atoms with E-state index in [4.69, 9.17) is 9.47 Å². The lowest BCUT2D eigenvalue weighted by Crippen LogP contribution is -2.03. The molecule has 2 nitrogen and oxygen atoms in total. The highest BCUT2D eigenvalue weighted by atomic mass is 16.6. The predicted molar refractivity (Wildman–Crippen MR) is 97.3 cm³/mol. The van der Waals surface area contributed by atoms with E-state index >= 15 is 0 Å². The van der Waals surface area contributed by atoms with Gasteiger partial charge in [-0.1, -0.05) is 66.2 Å². The van der Waals surface area contributed by atoms with Gasteiger partial charge in [-0.2, -0.15) is 0 Å². The lowest BCUT2D eigenvalue weighted by molar-refractivity contribution is 0.263. The molecule has 2 heteroatoms. The van der Waals surface area contributed by atoms with Crippen molar-refractivity contribution in [1.29, 1.82) is 0 Å². The van der Waals surface area contributed by atoms with E-state index in [0.29, 0.717) is 12.7 Å². The number of hydrogen-bond donors (Lipinski definition) is 0. The fraction of sp³-hybridized carbons (Fsp3) is 0.182. The minimum absolute atomic E-state index is 0.291. The number of aryl methyl sites for hydroxylation is 1. The van der Waals surface area contributed by atoms with Crippen LogP contribution in [0.1, 0.15) is 5.56 Å². The third-order valence-electron chi connectivity index (χ3n) is 4.30. The Balaban J connectivity index is 1.48. The van der Waals surface area contributed by atoms with Crippen LogP contribution in [0.25, 0.3) is 22.3 Å². The van der Waals surface area contributed by atoms with Gasteiger partial charge in [-0.3, -0.25) is 0 Å². The summed E-state index contributed by atoms with van der Waals surface area (Å²) in [6.07, 6.45) is 0.291. The molecule has 1 aliphatic heterocycles. The Hall–Kier alpha value is -2.58. The van der Waals surface area contributed by atoms with Gasteiger partial charge in [0.1, 0.15) is 18.5 Å². The molecule has 0 aromatic heterocycles. The maximum absolute atomic E-state index is 5.68. The largest absolute Gasteiger partial charge is 0.491 e. The first-order valence-corrected chi connectivity index (χ1v) is 8.30. The van der Waals surface area contributed by atoms with Crippen molar-refractivity contribution in [1.82, 2.24) is 0 Å². The van der Waals surface area contributed by atoms with Crippen molar-refractivity contribution in [3.8, 4) is 28.0 Å². The molecule has 0 radical (unpaired) electrons. The second-order valence-corrected chi connectivity index (χ2v) is 6.23. The average Bonchev–Trinajstić information content (AvgIpc) is 3.46. The molecular weight excluding hydrogens is 296 g/mol. The van der Waals surface area contributed by atoms with Crippen LogP contribution in [0.2, 0.25) is 0 Å². The van der Waals surface area contributed by atoms with Crippen LogP contribution in [0.4, 0.5) is 0 Å². The van der Waals surface area contributed by atoms with E-state index in [2.05, 4.69) is 67.6 Å². The van der Waals surface area contributed by atoms with Crippen LogP contribution in [-0.4, -0.2) is 19.3 Å². The van der Waals surface area contributed by atoms with Crippen molar-refractivity contribution < 1.29 is 9.47 Å². The van der Waals surface area contributed by atoms with Gasteiger partial charge < -0.3 is 9.47 Å². The first-order chi connectivity index (χ1) is 11.8. The summed E-state index contributed by atoms with van der Waals surface area (Å²) in [6.45, 7) is 3.58. The van der Waals surface area contributed by atoms with Crippen molar-refractivity contribution in [2.75, 3.05) is 13.2 Å². The van der Waals surface area contributed by atoms with E-state index in [1.165, 1.54) is 27.8 Å². The molecule has 0 aliphatic carbocycles. The number of ether oxygens (including phenoxy) is 2. The zero-order valence-electron chi connectivity index (χ0n) is 13.7. The van der Waals surface area contributed by atoms with Gasteiger partial charge >= 0.3 is 0 Å². The van der Waals surface area contributed by atoms with E-state index < -0.39 is 0 Å². The summed E-state index contributed by atoms with van der Waals surface area (Å²) in [5.74, 6) is 0.894. The Morgan fingerprint density at radius 1 is 0.750 bits per heavy atom. The molecule has 0 spiro atoms. The van der Waals surface area contributed by atoms with Gasteiger partial charge in [-0.25, -0.2) is 0 Å². The molecule has 3 aromatic rings. The van der Waals surface area contributed by atoms with Gasteiger partial charge in [0.2, 0.25) is 0 Å². The van der Waals surface area contributed by atoms with Crippen LogP contribution >= 0.6 is 0 Å². The van der Waals surface area contributed by atoms with Crippen molar-refractivity contribution in [3.63, 3.8) is 0 Å². The minimum Gasteiger partial charge on any atom is -0.491 e. The second kappa shape index (κ2) is 6.50. The maximum Gasteiger partial charge on any atom is 0.119 e. The van der Waals surface area contributed by atoms with Crippen LogP contribution in [0, 0.1) is 6.92 Å². The molecule has 0 saturated carbocycles. The number of benzene rings is 3. The third kappa shape index (κ3) is 3.50. The zero-order valence-corrected chi connectivity index (χ0v) is 13.7. The van der Waals surface area contributed by atoms with Crippen LogP contribution in [0.5, 0.6) is 5.75 Å². The van der Waals surface area contributed by atoms with E-state index in [1.807, 2.05) is 12.1 Å². The summed E-state index contributed by atoms with van der Waals surface area (Å²) < 4.78 is 10.8. The van der Waals surface area contributed by atoms with E-state index in [-0.39, 0.29) is 0 Å². The molecule has 120 valence electrons. The standard InChI is InChI=1S/C22H20O2/c1-16-2-4-17(5-3-16)18-6-8-19(9-7-18)20-10-12-21(13-11-20)23-14-22-15-24-22/h2-13,22H,14-15H2,1H3. The topological polar surface area (TPSA) is 21.8 Å². The fourth-order valence-electron chi connectivity index (χ4n) is 2.70. The zero-order chi connectivity index (χ0) is 16.4. The molecule has 1 aliphatic rings. The van der Waals surface area contributed by atoms with E-state index in [9.17, 15) is 0 Å². The molecule has 24 heavy (non-hydrogen) atoms. The molecule has 4 rings (SSSR count). The van der Waals surface area contributed by atoms with Gasteiger partial charge in [0.25, 0.3) is 0 Å². The van der Waals surface area contributed by atoms with E-state index in [1.54, 1.807) is 0 Å². The molecule has 1 heterocycles. The van der Waals surface area contributed by atoms with Crippen LogP contribution in [0.3, 0.4) is 0 Å². The summed E-state index contributed by atoms with van der Waals surface area (Å²) in [5, 5.41) is 0. The molecule has 3 aromatic carbocycles. The van der Waals surface area contributed by atoms with Gasteiger partial charge in [-0.15, -0.1) is 0 Å². The lowest BCUT2D eigenvalue weighted by Gasteiger charge is -2.07. The Labute approximate surface area is 142 Å². The predicted octanol–water partition coefficient (Wildman–Crippen LogP) is 5.11. The Bertz CT molecular complexity index is 798. The Morgan fingerprint density at radius 2 is 1.17 bits per heavy atom. The molecule has 1 saturated heterocycles. The smallest absolute Gasteiger partial charge is 0.119 e. The summed E-state index contributed by atoms with van der Waals surface area (Å²) in [7, 11) is 0. The first-order valence-electron chi connectivity index (χ1n) is 8.30. The summed E-state index contributed by atoms with van der Waals surface area (Å²) >= 11 is 0. The van der Waals surface area contributed by atoms with Crippen molar-refractivity contribution in [2.45, 2.75) is 13.0 Å². The van der Waals surface area contributed by atoms with Crippen molar-refractivity contribution in [3.05, 3.63) is 78.4 Å². The van der Waals surface area contributed by atoms with Gasteiger partial charge in [0.15, 0.2) is 0 Å². The van der Waals surface area contributed by atoms with Crippen LogP contribution in [0.15, 0.2) is 72.8 Å². The SMILES string of the molecule is Cc1ccc(-c2ccc(-c3ccc(OCC4CO4)cc3)cc2)cc1. The highest BCUT2D eigenvalue weighted by Gasteiger charge is 2.22. The monoisotopic (exact) mass is 316 g/mol. The van der Waals surface area contributed by atoms with Crippen molar-refractivity contribution >= 4 is 0 Å². The molecule has 1 unspecified atom stereocenters. The van der Waals surface area contributed by atoms with Crippen LogP contribution < -0.4 is 4.74 Å². The van der Waals surface area contributed by atoms with Gasteiger partial charge in [0.05, 0.1) is 6.61 Å². The number of epoxide rings is 1. The normalized spacial score (nSPS) is 16.0.